The molecule has 0 amide bonds. The van der Waals surface area contributed by atoms with E-state index < -0.39 is 0 Å². The molecule has 0 aliphatic heterocycles. The number of hydrogen-bond acceptors (Lipinski definition) is 4. The van der Waals surface area contributed by atoms with Crippen molar-refractivity contribution < 1.29 is 0 Å². The zero-order chi connectivity index (χ0) is 14.0. The largest absolute Gasteiger partial charge is 0.312 e. The standard InChI is InChI=1S/C14H19ClN2S2/c1-14(2,3)11-8-18-13(17-11)7-9(16-4)10-5-6-12(15)19-10/h5-6,8-9,16H,7H2,1-4H3. The molecule has 1 N–H and O–H groups in total. The van der Waals surface area contributed by atoms with Gasteiger partial charge >= 0.3 is 0 Å². The van der Waals surface area contributed by atoms with Crippen molar-refractivity contribution in [3.05, 3.63) is 37.4 Å². The average molecular weight is 315 g/mol. The molecule has 2 rings (SSSR count). The minimum absolute atomic E-state index is 0.121. The molecule has 2 aromatic rings. The Morgan fingerprint density at radius 3 is 2.58 bits per heavy atom. The van der Waals surface area contributed by atoms with Crippen molar-refractivity contribution in [1.29, 1.82) is 0 Å². The summed E-state index contributed by atoms with van der Waals surface area (Å²) >= 11 is 9.38. The number of thiazole rings is 1. The van der Waals surface area contributed by atoms with Gasteiger partial charge in [-0.25, -0.2) is 4.98 Å². The van der Waals surface area contributed by atoms with E-state index in [0.717, 1.165) is 10.8 Å². The number of thiophene rings is 1. The second kappa shape index (κ2) is 5.92. The van der Waals surface area contributed by atoms with Gasteiger partial charge in [0.15, 0.2) is 0 Å². The van der Waals surface area contributed by atoms with Crippen molar-refractivity contribution in [3.63, 3.8) is 0 Å². The summed E-state index contributed by atoms with van der Waals surface area (Å²) in [5.74, 6) is 0. The lowest BCUT2D eigenvalue weighted by molar-refractivity contribution is 0.562. The third-order valence-electron chi connectivity index (χ3n) is 2.98. The van der Waals surface area contributed by atoms with Crippen LogP contribution in [-0.2, 0) is 11.8 Å². The van der Waals surface area contributed by atoms with E-state index in [9.17, 15) is 0 Å². The van der Waals surface area contributed by atoms with Crippen LogP contribution >= 0.6 is 34.3 Å². The van der Waals surface area contributed by atoms with E-state index in [2.05, 4.69) is 37.5 Å². The molecule has 0 radical (unpaired) electrons. The first-order valence-corrected chi connectivity index (χ1v) is 8.35. The fourth-order valence-corrected chi connectivity index (χ4v) is 4.02. The molecule has 1 unspecified atom stereocenters. The van der Waals surface area contributed by atoms with Gasteiger partial charge in [-0.3, -0.25) is 0 Å². The van der Waals surface area contributed by atoms with Gasteiger partial charge in [-0.05, 0) is 19.2 Å². The molecule has 2 nitrogen and oxygen atoms in total. The van der Waals surface area contributed by atoms with Gasteiger partial charge < -0.3 is 5.32 Å². The van der Waals surface area contributed by atoms with E-state index in [1.54, 1.807) is 22.7 Å². The molecular weight excluding hydrogens is 296 g/mol. The summed E-state index contributed by atoms with van der Waals surface area (Å²) < 4.78 is 0.838. The quantitative estimate of drug-likeness (QED) is 0.888. The van der Waals surface area contributed by atoms with Crippen molar-refractivity contribution in [1.82, 2.24) is 10.3 Å². The van der Waals surface area contributed by atoms with Gasteiger partial charge in [-0.1, -0.05) is 32.4 Å². The lowest BCUT2D eigenvalue weighted by Gasteiger charge is -2.15. The van der Waals surface area contributed by atoms with Crippen LogP contribution in [0.2, 0.25) is 4.34 Å². The van der Waals surface area contributed by atoms with Crippen LogP contribution in [0.25, 0.3) is 0 Å². The van der Waals surface area contributed by atoms with Gasteiger partial charge in [0.1, 0.15) is 0 Å². The molecule has 0 saturated heterocycles. The number of halogens is 1. The summed E-state index contributed by atoms with van der Waals surface area (Å²) in [5.41, 5.74) is 1.29. The SMILES string of the molecule is CNC(Cc1nc(C(C)(C)C)cs1)c1ccc(Cl)s1. The molecule has 2 aromatic heterocycles. The smallest absolute Gasteiger partial charge is 0.0947 e. The van der Waals surface area contributed by atoms with E-state index in [4.69, 9.17) is 16.6 Å². The predicted octanol–water partition coefficient (Wildman–Crippen LogP) is 4.66. The highest BCUT2D eigenvalue weighted by atomic mass is 35.5. The van der Waals surface area contributed by atoms with E-state index in [1.165, 1.54) is 15.6 Å². The van der Waals surface area contributed by atoms with Crippen LogP contribution in [0.4, 0.5) is 0 Å². The third kappa shape index (κ3) is 3.78. The maximum Gasteiger partial charge on any atom is 0.0947 e. The highest BCUT2D eigenvalue weighted by Crippen LogP contribution is 2.30. The summed E-state index contributed by atoms with van der Waals surface area (Å²) in [6.07, 6.45) is 0.911. The van der Waals surface area contributed by atoms with E-state index >= 15 is 0 Å². The van der Waals surface area contributed by atoms with Gasteiger partial charge in [-0.15, -0.1) is 22.7 Å². The van der Waals surface area contributed by atoms with E-state index in [1.807, 2.05) is 13.1 Å². The summed E-state index contributed by atoms with van der Waals surface area (Å²) in [5, 5.41) is 6.69. The van der Waals surface area contributed by atoms with Crippen LogP contribution in [0.15, 0.2) is 17.5 Å². The van der Waals surface area contributed by atoms with Crippen molar-refractivity contribution in [2.45, 2.75) is 38.6 Å². The lowest BCUT2D eigenvalue weighted by atomic mass is 9.93. The van der Waals surface area contributed by atoms with E-state index in [-0.39, 0.29) is 11.5 Å². The number of hydrogen-bond donors (Lipinski definition) is 1. The molecule has 1 atom stereocenters. The average Bonchev–Trinajstić information content (AvgIpc) is 2.94. The van der Waals surface area contributed by atoms with Crippen LogP contribution in [0, 0.1) is 0 Å². The zero-order valence-corrected chi connectivity index (χ0v) is 14.0. The molecule has 0 aliphatic rings. The van der Waals surface area contributed by atoms with Gasteiger partial charge in [-0.2, -0.15) is 0 Å². The van der Waals surface area contributed by atoms with E-state index in [0.29, 0.717) is 0 Å². The van der Waals surface area contributed by atoms with Gasteiger partial charge in [0, 0.05) is 28.1 Å². The number of aromatic nitrogens is 1. The molecule has 0 spiro atoms. The fraction of sp³-hybridized carbons (Fsp3) is 0.500. The number of likely N-dealkylation sites (N-methyl/N-ethyl adjacent to an activating group) is 1. The van der Waals surface area contributed by atoms with Crippen LogP contribution in [-0.4, -0.2) is 12.0 Å². The molecule has 0 aliphatic carbocycles. The number of rotatable bonds is 4. The first kappa shape index (κ1) is 15.0. The Bertz CT molecular complexity index is 540. The zero-order valence-electron chi connectivity index (χ0n) is 11.7. The third-order valence-corrected chi connectivity index (χ3v) is 5.20. The lowest BCUT2D eigenvalue weighted by Crippen LogP contribution is -2.18. The molecule has 0 saturated carbocycles. The monoisotopic (exact) mass is 314 g/mol. The molecule has 0 aromatic carbocycles. The van der Waals surface area contributed by atoms with Crippen LogP contribution < -0.4 is 5.32 Å². The van der Waals surface area contributed by atoms with Crippen molar-refractivity contribution in [3.8, 4) is 0 Å². The van der Waals surface area contributed by atoms with Gasteiger partial charge in [0.25, 0.3) is 0 Å². The summed E-state index contributed by atoms with van der Waals surface area (Å²) in [7, 11) is 1.98. The van der Waals surface area contributed by atoms with Crippen LogP contribution in [0.1, 0.15) is 42.4 Å². The Labute approximate surface area is 127 Å². The predicted molar refractivity (Wildman–Crippen MR) is 85.6 cm³/mol. The van der Waals surface area contributed by atoms with Crippen molar-refractivity contribution in [2.24, 2.45) is 0 Å². The van der Waals surface area contributed by atoms with Gasteiger partial charge in [0.05, 0.1) is 15.0 Å². The Kier molecular flexibility index (Phi) is 4.66. The second-order valence-corrected chi connectivity index (χ2v) is 8.25. The Hall–Kier alpha value is -0.420. The molecule has 2 heterocycles. The van der Waals surface area contributed by atoms with Crippen molar-refractivity contribution >= 4 is 34.3 Å². The Balaban J connectivity index is 2.13. The number of nitrogens with one attached hydrogen (secondary N) is 1. The first-order valence-electron chi connectivity index (χ1n) is 6.27. The molecule has 0 bridgehead atoms. The van der Waals surface area contributed by atoms with Crippen molar-refractivity contribution in [2.75, 3.05) is 7.05 Å². The normalized spacial score (nSPS) is 13.7. The molecular formula is C14H19ClN2S2. The minimum Gasteiger partial charge on any atom is -0.312 e. The summed E-state index contributed by atoms with van der Waals surface area (Å²) in [6, 6.07) is 4.33. The Morgan fingerprint density at radius 1 is 1.37 bits per heavy atom. The van der Waals surface area contributed by atoms with Crippen LogP contribution in [0.5, 0.6) is 0 Å². The fourth-order valence-electron chi connectivity index (χ4n) is 1.78. The van der Waals surface area contributed by atoms with Crippen LogP contribution in [0.3, 0.4) is 0 Å². The second-order valence-electron chi connectivity index (χ2n) is 5.56. The minimum atomic E-state index is 0.121. The maximum atomic E-state index is 6.01. The highest BCUT2D eigenvalue weighted by Gasteiger charge is 2.19. The highest BCUT2D eigenvalue weighted by molar-refractivity contribution is 7.16. The molecule has 0 fully saturated rings. The summed E-state index contributed by atoms with van der Waals surface area (Å²) in [6.45, 7) is 6.58. The summed E-state index contributed by atoms with van der Waals surface area (Å²) in [4.78, 5) is 6.02. The molecule has 5 heteroatoms. The number of nitrogens with zero attached hydrogens (tertiary/aromatic N) is 1. The maximum absolute atomic E-state index is 6.01. The first-order chi connectivity index (χ1) is 8.90. The van der Waals surface area contributed by atoms with Gasteiger partial charge in [0.2, 0.25) is 0 Å². The molecule has 104 valence electrons. The Morgan fingerprint density at radius 2 is 2.11 bits per heavy atom. The topological polar surface area (TPSA) is 24.9 Å². The molecule has 19 heavy (non-hydrogen) atoms.